The highest BCUT2D eigenvalue weighted by atomic mass is 35.5. The van der Waals surface area contributed by atoms with E-state index in [0.717, 1.165) is 50.5 Å². The smallest absolute Gasteiger partial charge is 0.247 e. The van der Waals surface area contributed by atoms with Crippen molar-refractivity contribution in [2.45, 2.75) is 81.3 Å². The number of thioether (sulfide) groups is 1. The summed E-state index contributed by atoms with van der Waals surface area (Å²) >= 11 is 7.67. The average molecular weight is 518 g/mol. The molecular weight excluding hydrogens is 486 g/mol. The van der Waals surface area contributed by atoms with Crippen LogP contribution in [0.5, 0.6) is 0 Å². The van der Waals surface area contributed by atoms with E-state index in [1.807, 2.05) is 24.3 Å². The minimum Gasteiger partial charge on any atom is -0.420 e. The predicted octanol–water partition coefficient (Wildman–Crippen LogP) is 4.22. The zero-order valence-electron chi connectivity index (χ0n) is 19.7. The zero-order chi connectivity index (χ0) is 24.2. The minimum atomic E-state index is -0.101. The van der Waals surface area contributed by atoms with E-state index in [9.17, 15) is 9.59 Å². The number of carbonyl (C=O) groups is 2. The van der Waals surface area contributed by atoms with E-state index in [0.29, 0.717) is 29.0 Å². The second kappa shape index (κ2) is 11.3. The topological polar surface area (TPSA) is 109 Å². The van der Waals surface area contributed by atoms with Gasteiger partial charge in [0.05, 0.1) is 5.92 Å². The van der Waals surface area contributed by atoms with Crippen molar-refractivity contribution in [3.8, 4) is 11.5 Å². The fourth-order valence-electron chi connectivity index (χ4n) is 5.40. The zero-order valence-corrected chi connectivity index (χ0v) is 21.2. The molecule has 2 aliphatic carbocycles. The number of carbonyl (C=O) groups excluding carboxylic acids is 2. The predicted molar refractivity (Wildman–Crippen MR) is 136 cm³/mol. The lowest BCUT2D eigenvalue weighted by Crippen LogP contribution is -2.60. The maximum atomic E-state index is 12.5. The Morgan fingerprint density at radius 1 is 1.14 bits per heavy atom. The van der Waals surface area contributed by atoms with Crippen LogP contribution < -0.4 is 16.0 Å². The lowest BCUT2D eigenvalue weighted by molar-refractivity contribution is -0.129. The number of aromatic nitrogens is 2. The van der Waals surface area contributed by atoms with E-state index in [1.165, 1.54) is 6.42 Å². The van der Waals surface area contributed by atoms with Crippen molar-refractivity contribution >= 4 is 35.2 Å². The molecule has 2 heterocycles. The first-order chi connectivity index (χ1) is 17.0. The van der Waals surface area contributed by atoms with Gasteiger partial charge in [-0.3, -0.25) is 14.9 Å². The Labute approximate surface area is 214 Å². The van der Waals surface area contributed by atoms with Gasteiger partial charge in [0, 0.05) is 40.8 Å². The Kier molecular flexibility index (Phi) is 7.94. The third kappa shape index (κ3) is 6.19. The Bertz CT molecular complexity index is 1040. The maximum Gasteiger partial charge on any atom is 0.247 e. The van der Waals surface area contributed by atoms with Gasteiger partial charge in [0.25, 0.3) is 0 Å². The normalized spacial score (nSPS) is 28.7. The summed E-state index contributed by atoms with van der Waals surface area (Å²) < 4.78 is 5.93. The van der Waals surface area contributed by atoms with Crippen LogP contribution in [0, 0.1) is 5.92 Å². The molecule has 0 bridgehead atoms. The molecule has 3 unspecified atom stereocenters. The first-order valence-electron chi connectivity index (χ1n) is 12.6. The summed E-state index contributed by atoms with van der Waals surface area (Å²) in [6, 6.07) is 7.84. The van der Waals surface area contributed by atoms with Crippen molar-refractivity contribution in [1.82, 2.24) is 26.1 Å². The van der Waals surface area contributed by atoms with Gasteiger partial charge in [-0.2, -0.15) is 0 Å². The largest absolute Gasteiger partial charge is 0.420 e. The van der Waals surface area contributed by atoms with Crippen molar-refractivity contribution in [2.24, 2.45) is 5.92 Å². The van der Waals surface area contributed by atoms with Crippen LogP contribution in [-0.4, -0.2) is 45.3 Å². The molecular formula is C25H32ClN5O3S. The number of fused-ring (bicyclic) bond motifs is 1. The number of hydrogen-bond acceptors (Lipinski definition) is 7. The quantitative estimate of drug-likeness (QED) is 0.504. The van der Waals surface area contributed by atoms with Crippen molar-refractivity contribution in [1.29, 1.82) is 0 Å². The van der Waals surface area contributed by atoms with Gasteiger partial charge >= 0.3 is 0 Å². The average Bonchev–Trinajstić information content (AvgIpc) is 3.35. The van der Waals surface area contributed by atoms with Gasteiger partial charge < -0.3 is 15.1 Å². The van der Waals surface area contributed by atoms with Gasteiger partial charge in [-0.05, 0) is 56.7 Å². The Morgan fingerprint density at radius 2 is 1.97 bits per heavy atom. The number of benzene rings is 1. The van der Waals surface area contributed by atoms with Gasteiger partial charge in [-0.1, -0.05) is 30.5 Å². The van der Waals surface area contributed by atoms with E-state index in [1.54, 1.807) is 11.8 Å². The van der Waals surface area contributed by atoms with Crippen LogP contribution in [0.1, 0.15) is 69.6 Å². The molecule has 2 amide bonds. The van der Waals surface area contributed by atoms with Crippen molar-refractivity contribution in [3.05, 3.63) is 35.2 Å². The van der Waals surface area contributed by atoms with Crippen LogP contribution in [0.4, 0.5) is 0 Å². The summed E-state index contributed by atoms with van der Waals surface area (Å²) in [7, 11) is 0. The summed E-state index contributed by atoms with van der Waals surface area (Å²) in [6.07, 6.45) is 8.37. The standard InChI is InChI=1S/C25H32ClN5O3S/c26-17-5-3-4-16(14-17)24-31-30-23(34-24)15-8-10-18(11-9-15)27-21(32)12-13-35-25-28-20-7-2-1-6-19(20)22(33)29-25/h3-5,14-15,18-20,25,28H,1-2,6-13H2,(H,27,32)(H,29,33). The van der Waals surface area contributed by atoms with E-state index in [2.05, 4.69) is 26.1 Å². The Morgan fingerprint density at radius 3 is 2.80 bits per heavy atom. The van der Waals surface area contributed by atoms with Crippen LogP contribution >= 0.6 is 23.4 Å². The fraction of sp³-hybridized carbons (Fsp3) is 0.600. The van der Waals surface area contributed by atoms with Gasteiger partial charge in [-0.15, -0.1) is 22.0 Å². The lowest BCUT2D eigenvalue weighted by atomic mass is 9.83. The minimum absolute atomic E-state index is 0.0691. The Hall–Kier alpha value is -2.10. The van der Waals surface area contributed by atoms with Crippen LogP contribution in [0.2, 0.25) is 5.02 Å². The summed E-state index contributed by atoms with van der Waals surface area (Å²) in [5.74, 6) is 2.36. The summed E-state index contributed by atoms with van der Waals surface area (Å²) in [5.41, 5.74) is 0.716. The molecule has 5 rings (SSSR count). The van der Waals surface area contributed by atoms with Crippen LogP contribution in [-0.2, 0) is 9.59 Å². The molecule has 2 saturated carbocycles. The summed E-state index contributed by atoms with van der Waals surface area (Å²) in [5, 5.41) is 18.9. The molecule has 1 saturated heterocycles. The first kappa shape index (κ1) is 24.6. The molecule has 1 aromatic carbocycles. The van der Waals surface area contributed by atoms with Gasteiger partial charge in [0.2, 0.25) is 23.6 Å². The van der Waals surface area contributed by atoms with Crippen molar-refractivity contribution in [2.75, 3.05) is 5.75 Å². The van der Waals surface area contributed by atoms with Gasteiger partial charge in [-0.25, -0.2) is 0 Å². The number of nitrogens with zero attached hydrogens (tertiary/aromatic N) is 2. The number of halogens is 1. The molecule has 3 aliphatic rings. The monoisotopic (exact) mass is 517 g/mol. The third-order valence-electron chi connectivity index (χ3n) is 7.31. The third-order valence-corrected chi connectivity index (χ3v) is 8.57. The second-order valence-electron chi connectivity index (χ2n) is 9.75. The molecule has 188 valence electrons. The Balaban J connectivity index is 1.02. The number of hydrogen-bond donors (Lipinski definition) is 3. The summed E-state index contributed by atoms with van der Waals surface area (Å²) in [4.78, 5) is 24.9. The number of nitrogens with one attached hydrogen (secondary N) is 3. The molecule has 8 nitrogen and oxygen atoms in total. The fourth-order valence-corrected chi connectivity index (χ4v) is 6.60. The molecule has 1 aromatic heterocycles. The molecule has 0 spiro atoms. The SMILES string of the molecule is O=C(CCSC1NC(=O)C2CCCCC2N1)NC1CCC(c2nnc(-c3cccc(Cl)c3)o2)CC1. The molecule has 3 N–H and O–H groups in total. The van der Waals surface area contributed by atoms with E-state index in [4.69, 9.17) is 16.0 Å². The number of amides is 2. The van der Waals surface area contributed by atoms with Crippen LogP contribution in [0.25, 0.3) is 11.5 Å². The first-order valence-corrected chi connectivity index (χ1v) is 14.0. The van der Waals surface area contributed by atoms with Crippen molar-refractivity contribution in [3.63, 3.8) is 0 Å². The summed E-state index contributed by atoms with van der Waals surface area (Å²) in [6.45, 7) is 0. The van der Waals surface area contributed by atoms with Gasteiger partial charge in [0.15, 0.2) is 0 Å². The van der Waals surface area contributed by atoms with Crippen LogP contribution in [0.15, 0.2) is 28.7 Å². The molecule has 0 radical (unpaired) electrons. The molecule has 10 heteroatoms. The highest BCUT2D eigenvalue weighted by Gasteiger charge is 2.37. The molecule has 35 heavy (non-hydrogen) atoms. The van der Waals surface area contributed by atoms with E-state index in [-0.39, 0.29) is 41.2 Å². The van der Waals surface area contributed by atoms with E-state index >= 15 is 0 Å². The van der Waals surface area contributed by atoms with Crippen LogP contribution in [0.3, 0.4) is 0 Å². The molecule has 3 fully saturated rings. The van der Waals surface area contributed by atoms with Gasteiger partial charge in [0.1, 0.15) is 5.50 Å². The molecule has 2 aromatic rings. The highest BCUT2D eigenvalue weighted by molar-refractivity contribution is 7.99. The number of rotatable bonds is 7. The van der Waals surface area contributed by atoms with Crippen molar-refractivity contribution < 1.29 is 14.0 Å². The second-order valence-corrected chi connectivity index (χ2v) is 11.4. The lowest BCUT2D eigenvalue weighted by Gasteiger charge is -2.39. The highest BCUT2D eigenvalue weighted by Crippen LogP contribution is 2.34. The maximum absolute atomic E-state index is 12.5. The molecule has 3 atom stereocenters. The van der Waals surface area contributed by atoms with E-state index < -0.39 is 0 Å². The molecule has 1 aliphatic heterocycles.